The molecule has 7 nitrogen and oxygen atoms in total. The summed E-state index contributed by atoms with van der Waals surface area (Å²) in [5.74, 6) is -0.526. The lowest BCUT2D eigenvalue weighted by molar-refractivity contribution is -0.390. The number of halogens is 1. The summed E-state index contributed by atoms with van der Waals surface area (Å²) in [6, 6.07) is 3.21. The van der Waals surface area contributed by atoms with Gasteiger partial charge in [0.15, 0.2) is 0 Å². The minimum absolute atomic E-state index is 0.239. The first-order valence-corrected chi connectivity index (χ1v) is 7.78. The molecule has 0 spiro atoms. The first kappa shape index (κ1) is 15.6. The van der Waals surface area contributed by atoms with E-state index in [0.717, 1.165) is 4.88 Å². The second-order valence-corrected chi connectivity index (χ2v) is 6.22. The van der Waals surface area contributed by atoms with Gasteiger partial charge in [0.05, 0.1) is 17.3 Å². The van der Waals surface area contributed by atoms with Gasteiger partial charge in [0, 0.05) is 4.88 Å². The molecule has 1 amide bonds. The molecule has 0 saturated carbocycles. The summed E-state index contributed by atoms with van der Waals surface area (Å²) >= 11 is 4.69. The maximum absolute atomic E-state index is 12.1. The molecule has 2 aromatic heterocycles. The van der Waals surface area contributed by atoms with E-state index in [1.807, 2.05) is 17.5 Å². The number of nitrogens with one attached hydrogen (secondary N) is 1. The number of hydrogen-bond acceptors (Lipinski definition) is 5. The maximum atomic E-state index is 12.1. The molecule has 2 heterocycles. The van der Waals surface area contributed by atoms with Gasteiger partial charge in [-0.2, -0.15) is 4.68 Å². The average molecular weight is 373 g/mol. The molecule has 0 unspecified atom stereocenters. The molecular weight excluding hydrogens is 360 g/mol. The smallest absolute Gasteiger partial charge is 0.358 e. The molecule has 0 aliphatic heterocycles. The van der Waals surface area contributed by atoms with Crippen LogP contribution in [0, 0.1) is 17.0 Å². The normalized spacial score (nSPS) is 12.1. The van der Waals surface area contributed by atoms with Crippen LogP contribution in [-0.2, 0) is 11.3 Å². The van der Waals surface area contributed by atoms with Gasteiger partial charge in [-0.05, 0) is 46.1 Å². The minimum atomic E-state index is -0.630. The van der Waals surface area contributed by atoms with Gasteiger partial charge in [-0.15, -0.1) is 11.3 Å². The van der Waals surface area contributed by atoms with E-state index < -0.39 is 11.0 Å². The Bertz CT molecular complexity index is 668. The maximum Gasteiger partial charge on any atom is 0.404 e. The molecule has 0 fully saturated rings. The minimum Gasteiger partial charge on any atom is -0.358 e. The van der Waals surface area contributed by atoms with E-state index in [1.165, 1.54) is 4.68 Å². The van der Waals surface area contributed by atoms with Crippen molar-refractivity contribution < 1.29 is 9.72 Å². The number of carbonyl (C=O) groups excluding carboxylic acids is 1. The van der Waals surface area contributed by atoms with Crippen LogP contribution in [0.1, 0.15) is 23.5 Å². The van der Waals surface area contributed by atoms with Gasteiger partial charge in [-0.1, -0.05) is 6.07 Å². The highest BCUT2D eigenvalue weighted by Gasteiger charge is 2.29. The third kappa shape index (κ3) is 3.30. The number of hydrogen-bond donors (Lipinski definition) is 1. The molecule has 1 atom stereocenters. The summed E-state index contributed by atoms with van der Waals surface area (Å²) in [6.07, 6.45) is 0. The Morgan fingerprint density at radius 2 is 2.38 bits per heavy atom. The van der Waals surface area contributed by atoms with Crippen LogP contribution in [-0.4, -0.2) is 20.6 Å². The Morgan fingerprint density at radius 3 is 2.90 bits per heavy atom. The number of amides is 1. The Balaban J connectivity index is 2.12. The second-order valence-electron chi connectivity index (χ2n) is 4.40. The molecule has 0 aromatic carbocycles. The summed E-state index contributed by atoms with van der Waals surface area (Å²) < 4.78 is 1.65. The number of rotatable bonds is 5. The van der Waals surface area contributed by atoms with Crippen LogP contribution in [0.15, 0.2) is 22.0 Å². The Labute approximate surface area is 133 Å². The number of thiophene rings is 1. The predicted octanol–water partition coefficient (Wildman–Crippen LogP) is 2.80. The fourth-order valence-electron chi connectivity index (χ4n) is 1.82. The van der Waals surface area contributed by atoms with Gasteiger partial charge in [0.25, 0.3) is 0 Å². The van der Waals surface area contributed by atoms with E-state index in [-0.39, 0.29) is 11.7 Å². The monoisotopic (exact) mass is 372 g/mol. The van der Waals surface area contributed by atoms with E-state index in [9.17, 15) is 14.9 Å². The lowest BCUT2D eigenvalue weighted by Crippen LogP contribution is -2.31. The first-order valence-electron chi connectivity index (χ1n) is 6.11. The summed E-state index contributed by atoms with van der Waals surface area (Å²) in [5, 5.41) is 19.5. The van der Waals surface area contributed by atoms with Gasteiger partial charge in [0.1, 0.15) is 10.5 Å². The van der Waals surface area contributed by atoms with Crippen molar-refractivity contribution in [3.8, 4) is 0 Å². The molecule has 0 radical (unpaired) electrons. The van der Waals surface area contributed by atoms with Crippen LogP contribution in [0.25, 0.3) is 0 Å². The number of aromatic nitrogens is 2. The molecule has 0 bridgehead atoms. The van der Waals surface area contributed by atoms with Crippen LogP contribution in [0.2, 0.25) is 0 Å². The van der Waals surface area contributed by atoms with Gasteiger partial charge in [-0.25, -0.2) is 0 Å². The van der Waals surface area contributed by atoms with Crippen LogP contribution in [0.5, 0.6) is 0 Å². The first-order chi connectivity index (χ1) is 9.91. The van der Waals surface area contributed by atoms with E-state index in [1.54, 1.807) is 25.2 Å². The van der Waals surface area contributed by atoms with Crippen molar-refractivity contribution in [2.75, 3.05) is 0 Å². The third-order valence-electron chi connectivity index (χ3n) is 3.00. The Hall–Kier alpha value is -1.74. The standard InChI is InChI=1S/C12H13BrN4O3S/c1-7-10(13)11(17(19)20)15-16(7)8(2)12(18)14-6-9-4-3-5-21-9/h3-5,8H,6H2,1-2H3,(H,14,18)/t8-/m0/s1. The van der Waals surface area contributed by atoms with E-state index >= 15 is 0 Å². The zero-order valence-electron chi connectivity index (χ0n) is 11.4. The number of carbonyl (C=O) groups is 1. The number of nitro groups is 1. The summed E-state index contributed by atoms with van der Waals surface area (Å²) in [6.45, 7) is 3.76. The largest absolute Gasteiger partial charge is 0.404 e. The van der Waals surface area contributed by atoms with Gasteiger partial charge < -0.3 is 15.4 Å². The van der Waals surface area contributed by atoms with Crippen molar-refractivity contribution in [1.82, 2.24) is 15.1 Å². The summed E-state index contributed by atoms with van der Waals surface area (Å²) in [5.41, 5.74) is 0.542. The van der Waals surface area contributed by atoms with Crippen molar-refractivity contribution in [2.24, 2.45) is 0 Å². The Morgan fingerprint density at radius 1 is 1.67 bits per heavy atom. The van der Waals surface area contributed by atoms with Gasteiger partial charge in [-0.3, -0.25) is 4.79 Å². The molecule has 21 heavy (non-hydrogen) atoms. The van der Waals surface area contributed by atoms with Gasteiger partial charge >= 0.3 is 5.82 Å². The highest BCUT2D eigenvalue weighted by molar-refractivity contribution is 9.10. The van der Waals surface area contributed by atoms with Crippen LogP contribution in [0.3, 0.4) is 0 Å². The zero-order chi connectivity index (χ0) is 15.6. The summed E-state index contributed by atoms with van der Waals surface area (Å²) in [7, 11) is 0. The summed E-state index contributed by atoms with van der Waals surface area (Å²) in [4.78, 5) is 23.5. The topological polar surface area (TPSA) is 90.1 Å². The van der Waals surface area contributed by atoms with Crippen LogP contribution >= 0.6 is 27.3 Å². The molecule has 112 valence electrons. The fraction of sp³-hybridized carbons (Fsp3) is 0.333. The second kappa shape index (κ2) is 6.35. The highest BCUT2D eigenvalue weighted by atomic mass is 79.9. The predicted molar refractivity (Wildman–Crippen MR) is 82.2 cm³/mol. The molecule has 0 aliphatic rings. The van der Waals surface area contributed by atoms with Crippen molar-refractivity contribution >= 4 is 39.0 Å². The van der Waals surface area contributed by atoms with Gasteiger partial charge in [0.2, 0.25) is 5.91 Å². The molecule has 2 aromatic rings. The van der Waals surface area contributed by atoms with Crippen molar-refractivity contribution in [1.29, 1.82) is 0 Å². The molecule has 2 rings (SSSR count). The quantitative estimate of drug-likeness (QED) is 0.645. The molecule has 9 heteroatoms. The van der Waals surface area contributed by atoms with Crippen molar-refractivity contribution in [2.45, 2.75) is 26.4 Å². The third-order valence-corrected chi connectivity index (χ3v) is 4.80. The van der Waals surface area contributed by atoms with Crippen molar-refractivity contribution in [3.05, 3.63) is 42.7 Å². The molecule has 1 N–H and O–H groups in total. The lowest BCUT2D eigenvalue weighted by atomic mass is 10.3. The molecule has 0 aliphatic carbocycles. The average Bonchev–Trinajstić information content (AvgIpc) is 3.05. The SMILES string of the molecule is Cc1c(Br)c([N+](=O)[O-])nn1[C@@H](C)C(=O)NCc1cccs1. The lowest BCUT2D eigenvalue weighted by Gasteiger charge is -2.10. The fourth-order valence-corrected chi connectivity index (χ4v) is 2.87. The van der Waals surface area contributed by atoms with E-state index in [2.05, 4.69) is 26.3 Å². The van der Waals surface area contributed by atoms with Crippen molar-refractivity contribution in [3.63, 3.8) is 0 Å². The zero-order valence-corrected chi connectivity index (χ0v) is 13.8. The van der Waals surface area contributed by atoms with E-state index in [4.69, 9.17) is 0 Å². The van der Waals surface area contributed by atoms with E-state index in [0.29, 0.717) is 16.7 Å². The van der Waals surface area contributed by atoms with Crippen LogP contribution in [0.4, 0.5) is 5.82 Å². The molecular formula is C12H13BrN4O3S. The highest BCUT2D eigenvalue weighted by Crippen LogP contribution is 2.29. The molecule has 0 saturated heterocycles. The Kier molecular flexibility index (Phi) is 4.73. The number of nitrogens with zero attached hydrogens (tertiary/aromatic N) is 3. The van der Waals surface area contributed by atoms with Crippen LogP contribution < -0.4 is 5.32 Å².